The summed E-state index contributed by atoms with van der Waals surface area (Å²) >= 11 is 0. The van der Waals surface area contributed by atoms with Crippen LogP contribution in [0.4, 0.5) is 0 Å². The van der Waals surface area contributed by atoms with Crippen molar-refractivity contribution in [1.82, 2.24) is 19.6 Å². The molecule has 1 aromatic heterocycles. The molecule has 0 bridgehead atoms. The maximum atomic E-state index is 12.5. The summed E-state index contributed by atoms with van der Waals surface area (Å²) in [5.41, 5.74) is 0. The average molecular weight is 376 g/mol. The minimum absolute atomic E-state index is 0.253. The highest BCUT2D eigenvalue weighted by molar-refractivity contribution is 7.89. The van der Waals surface area contributed by atoms with Crippen LogP contribution in [0.5, 0.6) is 5.75 Å². The molecule has 1 fully saturated rings. The van der Waals surface area contributed by atoms with Crippen LogP contribution in [0.1, 0.15) is 18.7 Å². The van der Waals surface area contributed by atoms with Crippen molar-refractivity contribution in [1.29, 1.82) is 0 Å². The van der Waals surface area contributed by atoms with Crippen molar-refractivity contribution in [3.63, 3.8) is 0 Å². The van der Waals surface area contributed by atoms with Crippen LogP contribution < -0.4 is 9.46 Å². The number of rotatable bonds is 7. The smallest absolute Gasteiger partial charge is 0.240 e. The lowest BCUT2D eigenvalue weighted by molar-refractivity contribution is 0.165. The van der Waals surface area contributed by atoms with Gasteiger partial charge in [-0.1, -0.05) is 0 Å². The molecule has 3 rings (SSSR count). The topological polar surface area (TPSA) is 84.4 Å². The highest BCUT2D eigenvalue weighted by atomic mass is 32.2. The average Bonchev–Trinajstić information content (AvgIpc) is 2.68. The van der Waals surface area contributed by atoms with E-state index in [1.807, 2.05) is 0 Å². The predicted octanol–water partition coefficient (Wildman–Crippen LogP) is 1.68. The van der Waals surface area contributed by atoms with Crippen molar-refractivity contribution in [2.75, 3.05) is 26.7 Å². The Hall–Kier alpha value is -2.03. The normalized spacial score (nSPS) is 18.6. The van der Waals surface area contributed by atoms with Crippen molar-refractivity contribution in [3.05, 3.63) is 48.5 Å². The zero-order valence-corrected chi connectivity index (χ0v) is 15.7. The van der Waals surface area contributed by atoms with Gasteiger partial charge in [0.05, 0.1) is 18.6 Å². The molecule has 26 heavy (non-hydrogen) atoms. The molecule has 2 heterocycles. The van der Waals surface area contributed by atoms with E-state index in [4.69, 9.17) is 4.74 Å². The van der Waals surface area contributed by atoms with Gasteiger partial charge in [-0.2, -0.15) is 0 Å². The molecule has 1 N–H and O–H groups in total. The van der Waals surface area contributed by atoms with Crippen molar-refractivity contribution < 1.29 is 13.2 Å². The molecule has 7 nitrogen and oxygen atoms in total. The maximum Gasteiger partial charge on any atom is 0.240 e. The highest BCUT2D eigenvalue weighted by Gasteiger charge is 2.23. The van der Waals surface area contributed by atoms with Crippen molar-refractivity contribution in [2.24, 2.45) is 5.92 Å². The van der Waals surface area contributed by atoms with Crippen LogP contribution >= 0.6 is 0 Å². The second-order valence-corrected chi connectivity index (χ2v) is 8.20. The lowest BCUT2D eigenvalue weighted by Crippen LogP contribution is -2.40. The van der Waals surface area contributed by atoms with E-state index in [1.54, 1.807) is 49.8 Å². The van der Waals surface area contributed by atoms with Crippen molar-refractivity contribution in [2.45, 2.75) is 24.3 Å². The van der Waals surface area contributed by atoms with Crippen molar-refractivity contribution >= 4 is 10.0 Å². The molecule has 0 aliphatic carbocycles. The third-order valence-electron chi connectivity index (χ3n) is 4.52. The van der Waals surface area contributed by atoms with Crippen LogP contribution in [-0.4, -0.2) is 50.0 Å². The quantitative estimate of drug-likeness (QED) is 0.791. The first kappa shape index (κ1) is 18.8. The number of hydrogen-bond donors (Lipinski definition) is 1. The summed E-state index contributed by atoms with van der Waals surface area (Å²) in [6.07, 6.45) is 5.54. The molecule has 140 valence electrons. The van der Waals surface area contributed by atoms with E-state index in [1.165, 1.54) is 0 Å². The number of nitrogens with one attached hydrogen (secondary N) is 1. The summed E-state index contributed by atoms with van der Waals surface area (Å²) in [5, 5.41) is 0. The standard InChI is InChI=1S/C18H24N4O3S/c1-25-16-5-7-17(8-6-16)26(23,24)21-12-15-4-2-11-22(13-15)14-18-19-9-3-10-20-18/h3,5-10,15,21H,2,4,11-14H2,1H3. The van der Waals surface area contributed by atoms with Gasteiger partial charge in [-0.3, -0.25) is 4.90 Å². The number of piperidine rings is 1. The van der Waals surface area contributed by atoms with Crippen LogP contribution in [-0.2, 0) is 16.6 Å². The Morgan fingerprint density at radius 1 is 1.23 bits per heavy atom. The fourth-order valence-electron chi connectivity index (χ4n) is 3.14. The first-order valence-corrected chi connectivity index (χ1v) is 10.2. The molecule has 1 atom stereocenters. The lowest BCUT2D eigenvalue weighted by atomic mass is 9.98. The van der Waals surface area contributed by atoms with Crippen LogP contribution in [0.25, 0.3) is 0 Å². The van der Waals surface area contributed by atoms with E-state index in [-0.39, 0.29) is 10.8 Å². The highest BCUT2D eigenvalue weighted by Crippen LogP contribution is 2.19. The van der Waals surface area contributed by atoms with Crippen LogP contribution in [0.3, 0.4) is 0 Å². The van der Waals surface area contributed by atoms with Crippen LogP contribution in [0, 0.1) is 5.92 Å². The number of likely N-dealkylation sites (tertiary alicyclic amines) is 1. The van der Waals surface area contributed by atoms with E-state index in [9.17, 15) is 8.42 Å². The molecule has 1 unspecified atom stereocenters. The minimum atomic E-state index is -3.51. The molecule has 0 saturated carbocycles. The van der Waals surface area contributed by atoms with E-state index in [2.05, 4.69) is 19.6 Å². The summed E-state index contributed by atoms with van der Waals surface area (Å²) < 4.78 is 32.7. The lowest BCUT2D eigenvalue weighted by Gasteiger charge is -2.32. The molecular weight excluding hydrogens is 352 g/mol. The summed E-state index contributed by atoms with van der Waals surface area (Å²) in [7, 11) is -1.96. The Balaban J connectivity index is 1.54. The summed E-state index contributed by atoms with van der Waals surface area (Å²) in [5.74, 6) is 1.71. The summed E-state index contributed by atoms with van der Waals surface area (Å²) in [6, 6.07) is 8.21. The molecule has 0 spiro atoms. The number of hydrogen-bond acceptors (Lipinski definition) is 6. The van der Waals surface area contributed by atoms with Gasteiger partial charge in [0.25, 0.3) is 0 Å². The Morgan fingerprint density at radius 3 is 2.65 bits per heavy atom. The largest absolute Gasteiger partial charge is 0.497 e. The Labute approximate surface area is 154 Å². The zero-order chi connectivity index (χ0) is 18.4. The fourth-order valence-corrected chi connectivity index (χ4v) is 4.26. The summed E-state index contributed by atoms with van der Waals surface area (Å²) in [4.78, 5) is 11.1. The zero-order valence-electron chi connectivity index (χ0n) is 14.8. The third kappa shape index (κ3) is 5.00. The van der Waals surface area contributed by atoms with E-state index in [0.29, 0.717) is 18.8 Å². The molecule has 8 heteroatoms. The predicted molar refractivity (Wildman–Crippen MR) is 98.2 cm³/mol. The molecular formula is C18H24N4O3S. The van der Waals surface area contributed by atoms with Crippen LogP contribution in [0.2, 0.25) is 0 Å². The van der Waals surface area contributed by atoms with Gasteiger partial charge >= 0.3 is 0 Å². The Bertz CT molecular complexity index is 797. The Kier molecular flexibility index (Phi) is 6.18. The van der Waals surface area contributed by atoms with Gasteiger partial charge in [0.1, 0.15) is 11.6 Å². The van der Waals surface area contributed by atoms with E-state index in [0.717, 1.165) is 31.8 Å². The molecule has 0 amide bonds. The number of aromatic nitrogens is 2. The molecule has 1 saturated heterocycles. The fraction of sp³-hybridized carbons (Fsp3) is 0.444. The Morgan fingerprint density at radius 2 is 1.96 bits per heavy atom. The van der Waals surface area contributed by atoms with Crippen molar-refractivity contribution in [3.8, 4) is 5.75 Å². The number of sulfonamides is 1. The van der Waals surface area contributed by atoms with Gasteiger partial charge in [-0.05, 0) is 55.6 Å². The van der Waals surface area contributed by atoms with Gasteiger partial charge in [0.15, 0.2) is 0 Å². The first-order chi connectivity index (χ1) is 12.6. The van der Waals surface area contributed by atoms with E-state index < -0.39 is 10.0 Å². The van der Waals surface area contributed by atoms with Crippen LogP contribution in [0.15, 0.2) is 47.6 Å². The first-order valence-electron chi connectivity index (χ1n) is 8.69. The second-order valence-electron chi connectivity index (χ2n) is 6.44. The second kappa shape index (κ2) is 8.57. The monoisotopic (exact) mass is 376 g/mol. The van der Waals surface area contributed by atoms with Gasteiger partial charge < -0.3 is 4.74 Å². The molecule has 0 radical (unpaired) electrons. The third-order valence-corrected chi connectivity index (χ3v) is 5.96. The van der Waals surface area contributed by atoms with Gasteiger partial charge in [-0.15, -0.1) is 0 Å². The molecule has 1 aliphatic rings. The van der Waals surface area contributed by atoms with Gasteiger partial charge in [0.2, 0.25) is 10.0 Å². The maximum absolute atomic E-state index is 12.5. The van der Waals surface area contributed by atoms with E-state index >= 15 is 0 Å². The summed E-state index contributed by atoms with van der Waals surface area (Å²) in [6.45, 7) is 2.95. The number of benzene rings is 1. The number of ether oxygens (including phenoxy) is 1. The molecule has 1 aromatic carbocycles. The SMILES string of the molecule is COc1ccc(S(=O)(=O)NCC2CCCN(Cc3ncccn3)C2)cc1. The number of nitrogens with zero attached hydrogens (tertiary/aromatic N) is 3. The molecule has 1 aliphatic heterocycles. The van der Waals surface area contributed by atoms with Gasteiger partial charge in [-0.25, -0.2) is 23.1 Å². The van der Waals surface area contributed by atoms with Gasteiger partial charge in [0, 0.05) is 25.5 Å². The minimum Gasteiger partial charge on any atom is -0.497 e. The molecule has 2 aromatic rings. The number of methoxy groups -OCH3 is 1.